The van der Waals surface area contributed by atoms with Gasteiger partial charge in [0.05, 0.1) is 0 Å². The molecule has 0 bridgehead atoms. The summed E-state index contributed by atoms with van der Waals surface area (Å²) in [4.78, 5) is 11.9. The van der Waals surface area contributed by atoms with Crippen molar-refractivity contribution in [3.8, 4) is 0 Å². The van der Waals surface area contributed by atoms with E-state index in [1.807, 2.05) is 6.92 Å². The molecule has 0 fully saturated rings. The van der Waals surface area contributed by atoms with E-state index < -0.39 is 0 Å². The van der Waals surface area contributed by atoms with Crippen molar-refractivity contribution in [2.45, 2.75) is 53.9 Å². The van der Waals surface area contributed by atoms with Crippen LogP contribution in [0.15, 0.2) is 23.8 Å². The van der Waals surface area contributed by atoms with Gasteiger partial charge in [0.25, 0.3) is 0 Å². The molecular weight excluding hydrogens is 335 g/mol. The molecule has 0 saturated heterocycles. The molecule has 0 amide bonds. The molecule has 0 saturated carbocycles. The molecule has 0 spiro atoms. The second kappa shape index (κ2) is 8.89. The fraction of sp³-hybridized carbons (Fsp3) is 0.688. The first-order valence-electron chi connectivity index (χ1n) is 6.71. The molecule has 0 aromatic carbocycles. The lowest BCUT2D eigenvalue weighted by molar-refractivity contribution is -0.123. The molecule has 0 aliphatic carbocycles. The van der Waals surface area contributed by atoms with E-state index in [4.69, 9.17) is 0 Å². The van der Waals surface area contributed by atoms with Gasteiger partial charge in [0.2, 0.25) is 0 Å². The summed E-state index contributed by atoms with van der Waals surface area (Å²) in [6.45, 7) is 10.3. The van der Waals surface area contributed by atoms with Crippen LogP contribution in [0.4, 0.5) is 0 Å². The molecular formula is C16H27IO. The Morgan fingerprint density at radius 1 is 1.33 bits per heavy atom. The predicted molar refractivity (Wildman–Crippen MR) is 89.3 cm³/mol. The van der Waals surface area contributed by atoms with Crippen molar-refractivity contribution < 1.29 is 4.79 Å². The van der Waals surface area contributed by atoms with Crippen molar-refractivity contribution in [1.29, 1.82) is 0 Å². The lowest BCUT2D eigenvalue weighted by Crippen LogP contribution is -2.31. The van der Waals surface area contributed by atoms with E-state index in [9.17, 15) is 4.79 Å². The molecule has 0 aliphatic heterocycles. The predicted octanol–water partition coefficient (Wildman–Crippen LogP) is 5.35. The Bertz CT molecular complexity index is 313. The highest BCUT2D eigenvalue weighted by molar-refractivity contribution is 14.1. The minimum absolute atomic E-state index is 0.00228. The zero-order chi connectivity index (χ0) is 14.2. The summed E-state index contributed by atoms with van der Waals surface area (Å²) in [5, 5.41) is 0. The largest absolute Gasteiger partial charge is 0.300 e. The molecule has 0 aliphatic rings. The fourth-order valence-electron chi connectivity index (χ4n) is 2.53. The van der Waals surface area contributed by atoms with Crippen molar-refractivity contribution in [2.24, 2.45) is 11.3 Å². The molecule has 0 N–H and O–H groups in total. The minimum Gasteiger partial charge on any atom is -0.300 e. The average molecular weight is 362 g/mol. The van der Waals surface area contributed by atoms with Crippen molar-refractivity contribution in [1.82, 2.24) is 0 Å². The molecule has 2 heteroatoms. The van der Waals surface area contributed by atoms with Crippen LogP contribution in [0.2, 0.25) is 0 Å². The summed E-state index contributed by atoms with van der Waals surface area (Å²) in [6.07, 6.45) is 9.65. The SMILES string of the molecule is C/C=C/[C@](C)(CCC=C(C)C)[C@@H](CCI)C(C)=O. The third-order valence-electron chi connectivity index (χ3n) is 3.47. The summed E-state index contributed by atoms with van der Waals surface area (Å²) >= 11 is 2.36. The number of carbonyl (C=O) groups excluding carboxylic acids is 1. The van der Waals surface area contributed by atoms with E-state index in [0.717, 1.165) is 23.7 Å². The Morgan fingerprint density at radius 3 is 2.33 bits per heavy atom. The van der Waals surface area contributed by atoms with E-state index in [2.05, 4.69) is 61.6 Å². The van der Waals surface area contributed by atoms with E-state index in [0.29, 0.717) is 5.78 Å². The summed E-state index contributed by atoms with van der Waals surface area (Å²) in [6, 6.07) is 0. The van der Waals surface area contributed by atoms with Gasteiger partial charge in [-0.1, -0.05) is 53.3 Å². The van der Waals surface area contributed by atoms with Crippen LogP contribution in [0.1, 0.15) is 53.9 Å². The minimum atomic E-state index is -0.00228. The van der Waals surface area contributed by atoms with E-state index in [1.54, 1.807) is 6.92 Å². The van der Waals surface area contributed by atoms with Crippen LogP contribution in [0.3, 0.4) is 0 Å². The average Bonchev–Trinajstić information content (AvgIpc) is 2.25. The van der Waals surface area contributed by atoms with Gasteiger partial charge < -0.3 is 0 Å². The van der Waals surface area contributed by atoms with Gasteiger partial charge >= 0.3 is 0 Å². The van der Waals surface area contributed by atoms with Crippen LogP contribution in [-0.2, 0) is 4.79 Å². The second-order valence-electron chi connectivity index (χ2n) is 5.47. The molecule has 1 nitrogen and oxygen atoms in total. The molecule has 0 unspecified atom stereocenters. The Hall–Kier alpha value is -0.120. The van der Waals surface area contributed by atoms with Crippen LogP contribution in [0, 0.1) is 11.3 Å². The normalized spacial score (nSPS) is 16.3. The Morgan fingerprint density at radius 2 is 1.94 bits per heavy atom. The van der Waals surface area contributed by atoms with Crippen LogP contribution in [0.25, 0.3) is 0 Å². The van der Waals surface area contributed by atoms with Crippen molar-refractivity contribution in [2.75, 3.05) is 4.43 Å². The molecule has 0 aromatic heterocycles. The van der Waals surface area contributed by atoms with E-state index in [-0.39, 0.29) is 11.3 Å². The maximum atomic E-state index is 11.9. The summed E-state index contributed by atoms with van der Waals surface area (Å²) < 4.78 is 1.04. The molecule has 0 radical (unpaired) electrons. The number of rotatable bonds is 8. The number of alkyl halides is 1. The fourth-order valence-corrected chi connectivity index (χ4v) is 3.16. The number of halogens is 1. The molecule has 104 valence electrons. The van der Waals surface area contributed by atoms with Crippen molar-refractivity contribution >= 4 is 28.4 Å². The molecule has 0 heterocycles. The van der Waals surface area contributed by atoms with Gasteiger partial charge in [-0.2, -0.15) is 0 Å². The Balaban J connectivity index is 4.96. The Labute approximate surface area is 126 Å². The number of allylic oxidation sites excluding steroid dienone is 4. The maximum absolute atomic E-state index is 11.9. The van der Waals surface area contributed by atoms with Gasteiger partial charge in [-0.05, 0) is 52.4 Å². The molecule has 0 aromatic rings. The van der Waals surface area contributed by atoms with Crippen LogP contribution in [0.5, 0.6) is 0 Å². The number of carbonyl (C=O) groups is 1. The zero-order valence-corrected chi connectivity index (χ0v) is 14.6. The van der Waals surface area contributed by atoms with E-state index in [1.165, 1.54) is 5.57 Å². The number of Topliss-reactive ketones (excluding diaryl/α,β-unsaturated/α-hetero) is 1. The zero-order valence-electron chi connectivity index (χ0n) is 12.4. The van der Waals surface area contributed by atoms with Crippen molar-refractivity contribution in [3.05, 3.63) is 23.8 Å². The standard InChI is InChI=1S/C16H27IO/c1-6-10-16(5,11-7-8-13(2)3)15(9-12-17)14(4)18/h6,8,10,15H,7,9,11-12H2,1-5H3/b10-6+/t15-,16+/m0/s1. The van der Waals surface area contributed by atoms with Gasteiger partial charge in [0.1, 0.15) is 5.78 Å². The van der Waals surface area contributed by atoms with Gasteiger partial charge in [-0.3, -0.25) is 4.79 Å². The van der Waals surface area contributed by atoms with Gasteiger partial charge in [-0.25, -0.2) is 0 Å². The smallest absolute Gasteiger partial charge is 0.133 e. The van der Waals surface area contributed by atoms with Crippen LogP contribution >= 0.6 is 22.6 Å². The number of ketones is 1. The van der Waals surface area contributed by atoms with Gasteiger partial charge in [0.15, 0.2) is 0 Å². The Kier molecular flexibility index (Phi) is 8.83. The lowest BCUT2D eigenvalue weighted by atomic mass is 9.70. The van der Waals surface area contributed by atoms with Gasteiger partial charge in [0, 0.05) is 10.3 Å². The maximum Gasteiger partial charge on any atom is 0.133 e. The second-order valence-corrected chi connectivity index (χ2v) is 6.55. The lowest BCUT2D eigenvalue weighted by Gasteiger charge is -2.33. The first kappa shape index (κ1) is 17.9. The molecule has 2 atom stereocenters. The quantitative estimate of drug-likeness (QED) is 0.323. The molecule has 0 rings (SSSR count). The summed E-state index contributed by atoms with van der Waals surface area (Å²) in [5.74, 6) is 0.473. The topological polar surface area (TPSA) is 17.1 Å². The van der Waals surface area contributed by atoms with Crippen LogP contribution < -0.4 is 0 Å². The molecule has 18 heavy (non-hydrogen) atoms. The third kappa shape index (κ3) is 6.17. The number of hydrogen-bond acceptors (Lipinski definition) is 1. The first-order valence-corrected chi connectivity index (χ1v) is 8.23. The van der Waals surface area contributed by atoms with Crippen LogP contribution in [-0.4, -0.2) is 10.2 Å². The highest BCUT2D eigenvalue weighted by Crippen LogP contribution is 2.37. The van der Waals surface area contributed by atoms with E-state index >= 15 is 0 Å². The highest BCUT2D eigenvalue weighted by Gasteiger charge is 2.33. The van der Waals surface area contributed by atoms with Crippen molar-refractivity contribution in [3.63, 3.8) is 0 Å². The van der Waals surface area contributed by atoms with Gasteiger partial charge in [-0.15, -0.1) is 0 Å². The monoisotopic (exact) mass is 362 g/mol. The summed E-state index contributed by atoms with van der Waals surface area (Å²) in [7, 11) is 0. The first-order chi connectivity index (χ1) is 8.37. The third-order valence-corrected chi connectivity index (χ3v) is 4.09. The summed E-state index contributed by atoms with van der Waals surface area (Å²) in [5.41, 5.74) is 1.35. The number of hydrogen-bond donors (Lipinski definition) is 0. The highest BCUT2D eigenvalue weighted by atomic mass is 127.